The number of nitrogens with zero attached hydrogens (tertiary/aromatic N) is 1. The Labute approximate surface area is 187 Å². The quantitative estimate of drug-likeness (QED) is 0.470. The van der Waals surface area contributed by atoms with Crippen LogP contribution in [-0.4, -0.2) is 18.0 Å². The number of ether oxygens (including phenoxy) is 1. The molecule has 3 aromatic carbocycles. The summed E-state index contributed by atoms with van der Waals surface area (Å²) < 4.78 is 5.30. The normalized spacial score (nSPS) is 10.9. The summed E-state index contributed by atoms with van der Waals surface area (Å²) in [5.41, 5.74) is 5.54. The largest absolute Gasteiger partial charge is 0.497 e. The van der Waals surface area contributed by atoms with Crippen molar-refractivity contribution in [3.8, 4) is 5.75 Å². The number of H-pyrrole nitrogens is 1. The van der Waals surface area contributed by atoms with Gasteiger partial charge in [0.2, 0.25) is 0 Å². The highest BCUT2D eigenvalue weighted by atomic mass is 16.5. The minimum absolute atomic E-state index is 0.152. The average Bonchev–Trinajstić information content (AvgIpc) is 2.78. The molecule has 0 radical (unpaired) electrons. The molecule has 5 nitrogen and oxygen atoms in total. The number of hydrogen-bond donors (Lipinski definition) is 1. The van der Waals surface area contributed by atoms with Crippen LogP contribution in [0.15, 0.2) is 71.5 Å². The molecular weight excluding hydrogens is 400 g/mol. The Morgan fingerprint density at radius 1 is 0.938 bits per heavy atom. The first-order chi connectivity index (χ1) is 15.4. The lowest BCUT2D eigenvalue weighted by Crippen LogP contribution is -2.33. The van der Waals surface area contributed by atoms with Crippen LogP contribution in [0.25, 0.3) is 10.9 Å². The number of carbonyl (C=O) groups excluding carboxylic acids is 1. The molecule has 1 aromatic heterocycles. The van der Waals surface area contributed by atoms with Crippen molar-refractivity contribution >= 4 is 22.5 Å². The molecule has 0 saturated carbocycles. The van der Waals surface area contributed by atoms with Crippen LogP contribution in [-0.2, 0) is 6.54 Å². The topological polar surface area (TPSA) is 62.4 Å². The number of nitrogens with one attached hydrogen (secondary N) is 1. The number of anilines is 1. The lowest BCUT2D eigenvalue weighted by atomic mass is 10.1. The highest BCUT2D eigenvalue weighted by Gasteiger charge is 2.22. The molecule has 0 spiro atoms. The Kier molecular flexibility index (Phi) is 5.82. The van der Waals surface area contributed by atoms with Crippen molar-refractivity contribution in [2.24, 2.45) is 0 Å². The molecule has 32 heavy (non-hydrogen) atoms. The maximum atomic E-state index is 13.6. The molecule has 5 heteroatoms. The SMILES string of the molecule is COc1cccc(C(=O)N(Cc2cc3ccc(C)cc3[nH]c2=O)c2ccc(C)cc2C)c1. The number of amides is 1. The molecule has 1 N–H and O–H groups in total. The fraction of sp³-hybridized carbons (Fsp3) is 0.185. The van der Waals surface area contributed by atoms with Crippen LogP contribution in [0.3, 0.4) is 0 Å². The third-order valence-electron chi connectivity index (χ3n) is 5.61. The van der Waals surface area contributed by atoms with Gasteiger partial charge in [0.25, 0.3) is 11.5 Å². The van der Waals surface area contributed by atoms with Gasteiger partial charge >= 0.3 is 0 Å². The Hall–Kier alpha value is -3.86. The van der Waals surface area contributed by atoms with E-state index >= 15 is 0 Å². The summed E-state index contributed by atoms with van der Waals surface area (Å²) in [5, 5.41) is 0.930. The summed E-state index contributed by atoms with van der Waals surface area (Å²) in [6.45, 7) is 6.13. The van der Waals surface area contributed by atoms with Crippen LogP contribution in [0.1, 0.15) is 32.6 Å². The van der Waals surface area contributed by atoms with E-state index in [2.05, 4.69) is 4.98 Å². The van der Waals surface area contributed by atoms with Crippen LogP contribution < -0.4 is 15.2 Å². The maximum absolute atomic E-state index is 13.6. The number of pyridine rings is 1. The Morgan fingerprint density at radius 2 is 1.69 bits per heavy atom. The predicted molar refractivity (Wildman–Crippen MR) is 129 cm³/mol. The van der Waals surface area contributed by atoms with Crippen LogP contribution in [0, 0.1) is 20.8 Å². The number of aromatic amines is 1. The molecule has 162 valence electrons. The second-order valence-corrected chi connectivity index (χ2v) is 8.13. The molecule has 1 heterocycles. The molecule has 0 aliphatic carbocycles. The minimum Gasteiger partial charge on any atom is -0.497 e. The van der Waals surface area contributed by atoms with E-state index in [4.69, 9.17) is 4.74 Å². The number of aromatic nitrogens is 1. The average molecular weight is 427 g/mol. The number of methoxy groups -OCH3 is 1. The molecule has 0 aliphatic heterocycles. The Morgan fingerprint density at radius 3 is 2.44 bits per heavy atom. The number of hydrogen-bond acceptors (Lipinski definition) is 3. The van der Waals surface area contributed by atoms with E-state index in [0.29, 0.717) is 16.9 Å². The number of fused-ring (bicyclic) bond motifs is 1. The van der Waals surface area contributed by atoms with Gasteiger partial charge in [0.05, 0.1) is 13.7 Å². The summed E-state index contributed by atoms with van der Waals surface area (Å²) in [7, 11) is 1.57. The van der Waals surface area contributed by atoms with Gasteiger partial charge in [0.15, 0.2) is 0 Å². The highest BCUT2D eigenvalue weighted by molar-refractivity contribution is 6.06. The lowest BCUT2D eigenvalue weighted by Gasteiger charge is -2.25. The van der Waals surface area contributed by atoms with Crippen molar-refractivity contribution in [2.45, 2.75) is 27.3 Å². The summed E-state index contributed by atoms with van der Waals surface area (Å²) in [6, 6.07) is 20.8. The lowest BCUT2D eigenvalue weighted by molar-refractivity contribution is 0.0984. The van der Waals surface area contributed by atoms with Gasteiger partial charge in [-0.05, 0) is 73.7 Å². The predicted octanol–water partition coefficient (Wildman–Crippen LogP) is 5.31. The van der Waals surface area contributed by atoms with E-state index in [1.807, 2.05) is 63.2 Å². The number of benzene rings is 3. The summed E-state index contributed by atoms with van der Waals surface area (Å²) in [5.74, 6) is 0.412. The first kappa shape index (κ1) is 21.4. The van der Waals surface area contributed by atoms with E-state index in [0.717, 1.165) is 33.3 Å². The minimum atomic E-state index is -0.198. The Balaban J connectivity index is 1.81. The van der Waals surface area contributed by atoms with Gasteiger partial charge in [-0.1, -0.05) is 35.9 Å². The zero-order valence-electron chi connectivity index (χ0n) is 18.7. The smallest absolute Gasteiger partial charge is 0.258 e. The first-order valence-electron chi connectivity index (χ1n) is 10.5. The van der Waals surface area contributed by atoms with Gasteiger partial charge in [0, 0.05) is 22.3 Å². The summed E-state index contributed by atoms with van der Waals surface area (Å²) in [4.78, 5) is 31.2. The first-order valence-corrected chi connectivity index (χ1v) is 10.5. The molecule has 0 fully saturated rings. The number of carbonyl (C=O) groups is 1. The number of aryl methyl sites for hydroxylation is 3. The monoisotopic (exact) mass is 426 g/mol. The van der Waals surface area contributed by atoms with Crippen molar-refractivity contribution in [1.82, 2.24) is 4.98 Å². The molecule has 0 atom stereocenters. The van der Waals surface area contributed by atoms with Gasteiger partial charge in [-0.15, -0.1) is 0 Å². The molecule has 4 rings (SSSR count). The third-order valence-corrected chi connectivity index (χ3v) is 5.61. The molecule has 0 aliphatic rings. The van der Waals surface area contributed by atoms with Crippen LogP contribution in [0.2, 0.25) is 0 Å². The molecule has 0 unspecified atom stereocenters. The zero-order valence-corrected chi connectivity index (χ0v) is 18.7. The maximum Gasteiger partial charge on any atom is 0.258 e. The second kappa shape index (κ2) is 8.71. The van der Waals surface area contributed by atoms with Crippen molar-refractivity contribution in [3.63, 3.8) is 0 Å². The van der Waals surface area contributed by atoms with Crippen molar-refractivity contribution < 1.29 is 9.53 Å². The third kappa shape index (κ3) is 4.28. The number of rotatable bonds is 5. The molecule has 4 aromatic rings. The summed E-state index contributed by atoms with van der Waals surface area (Å²) in [6.07, 6.45) is 0. The fourth-order valence-electron chi connectivity index (χ4n) is 3.93. The van der Waals surface area contributed by atoms with E-state index in [1.165, 1.54) is 0 Å². The Bertz CT molecular complexity index is 1370. The van der Waals surface area contributed by atoms with Gasteiger partial charge in [0.1, 0.15) is 5.75 Å². The highest BCUT2D eigenvalue weighted by Crippen LogP contribution is 2.26. The van der Waals surface area contributed by atoms with Crippen LogP contribution >= 0.6 is 0 Å². The van der Waals surface area contributed by atoms with E-state index < -0.39 is 0 Å². The van der Waals surface area contributed by atoms with Crippen molar-refractivity contribution in [3.05, 3.63) is 105 Å². The van der Waals surface area contributed by atoms with Crippen molar-refractivity contribution in [1.29, 1.82) is 0 Å². The van der Waals surface area contributed by atoms with Crippen molar-refractivity contribution in [2.75, 3.05) is 12.0 Å². The zero-order chi connectivity index (χ0) is 22.8. The van der Waals surface area contributed by atoms with E-state index in [9.17, 15) is 9.59 Å². The molecular formula is C27H26N2O3. The standard InChI is InChI=1S/C27H26N2O3/c1-17-9-11-25(19(3)12-17)29(27(31)21-6-5-7-23(15-21)32-4)16-22-14-20-10-8-18(2)13-24(20)28-26(22)30/h5-15H,16H2,1-4H3,(H,28,30). The fourth-order valence-corrected chi connectivity index (χ4v) is 3.93. The van der Waals surface area contributed by atoms with E-state index in [1.54, 1.807) is 36.3 Å². The van der Waals surface area contributed by atoms with Gasteiger partial charge in [-0.3, -0.25) is 9.59 Å². The van der Waals surface area contributed by atoms with Crippen LogP contribution in [0.4, 0.5) is 5.69 Å². The van der Waals surface area contributed by atoms with Crippen LogP contribution in [0.5, 0.6) is 5.75 Å². The molecule has 0 saturated heterocycles. The van der Waals surface area contributed by atoms with Gasteiger partial charge in [-0.2, -0.15) is 0 Å². The van der Waals surface area contributed by atoms with Gasteiger partial charge in [-0.25, -0.2) is 0 Å². The molecule has 0 bridgehead atoms. The van der Waals surface area contributed by atoms with Gasteiger partial charge < -0.3 is 14.6 Å². The molecule has 1 amide bonds. The second-order valence-electron chi connectivity index (χ2n) is 8.13. The summed E-state index contributed by atoms with van der Waals surface area (Å²) >= 11 is 0. The van der Waals surface area contributed by atoms with E-state index in [-0.39, 0.29) is 18.0 Å².